The molecule has 1 aromatic heterocycles. The Bertz CT molecular complexity index is 1040. The smallest absolute Gasteiger partial charge is 0.247 e. The van der Waals surface area contributed by atoms with Gasteiger partial charge in [0.25, 0.3) is 0 Å². The number of amides is 1. The molecule has 0 saturated heterocycles. The number of carbonyl (C=O) groups is 1. The summed E-state index contributed by atoms with van der Waals surface area (Å²) in [6.07, 6.45) is 3.32. The van der Waals surface area contributed by atoms with Gasteiger partial charge in [-0.25, -0.2) is 8.42 Å². The molecule has 0 spiro atoms. The number of nitrogens with zero attached hydrogens (tertiary/aromatic N) is 3. The molecule has 3 atom stereocenters. The van der Waals surface area contributed by atoms with E-state index in [1.54, 1.807) is 50.3 Å². The Morgan fingerprint density at radius 2 is 2.09 bits per heavy atom. The number of aromatic nitrogens is 1. The van der Waals surface area contributed by atoms with Gasteiger partial charge >= 0.3 is 0 Å². The normalized spacial score (nSPS) is 21.5. The lowest BCUT2D eigenvalue weighted by atomic mass is 10.0. The first-order valence-corrected chi connectivity index (χ1v) is 12.2. The average Bonchev–Trinajstić information content (AvgIpc) is 2.80. The number of likely N-dealkylation sites (N-methyl/N-ethyl adjacent to an activating group) is 1. The molecular weight excluding hydrogens is 430 g/mol. The lowest BCUT2D eigenvalue weighted by Crippen LogP contribution is -2.50. The highest BCUT2D eigenvalue weighted by Gasteiger charge is 2.38. The molecule has 0 unspecified atom stereocenters. The number of pyridine rings is 1. The number of benzene rings is 1. The van der Waals surface area contributed by atoms with Crippen molar-refractivity contribution in [2.45, 2.75) is 44.2 Å². The van der Waals surface area contributed by atoms with E-state index in [1.807, 2.05) is 19.1 Å². The van der Waals surface area contributed by atoms with E-state index in [9.17, 15) is 18.3 Å². The maximum Gasteiger partial charge on any atom is 0.247 e. The van der Waals surface area contributed by atoms with E-state index in [2.05, 4.69) is 4.98 Å². The van der Waals surface area contributed by atoms with Crippen molar-refractivity contribution >= 4 is 15.9 Å². The lowest BCUT2D eigenvalue weighted by molar-refractivity contribution is -0.131. The van der Waals surface area contributed by atoms with Gasteiger partial charge in [0.1, 0.15) is 16.7 Å². The summed E-state index contributed by atoms with van der Waals surface area (Å²) < 4.78 is 34.6. The molecule has 2 aromatic rings. The molecule has 0 bridgehead atoms. The first kappa shape index (κ1) is 24.2. The van der Waals surface area contributed by atoms with Crippen LogP contribution in [0.15, 0.2) is 47.6 Å². The third-order valence-corrected chi connectivity index (χ3v) is 7.86. The quantitative estimate of drug-likeness (QED) is 0.709. The molecule has 0 radical (unpaired) electrons. The summed E-state index contributed by atoms with van der Waals surface area (Å²) in [6, 6.07) is 8.08. The summed E-state index contributed by atoms with van der Waals surface area (Å²) in [5.74, 6) is -0.00290. The molecule has 8 nitrogen and oxygen atoms in total. The Morgan fingerprint density at radius 1 is 1.34 bits per heavy atom. The highest BCUT2D eigenvalue weighted by molar-refractivity contribution is 7.89. The minimum absolute atomic E-state index is 0.0135. The zero-order valence-corrected chi connectivity index (χ0v) is 19.7. The van der Waals surface area contributed by atoms with Crippen LogP contribution in [0.1, 0.15) is 27.2 Å². The number of hydrogen-bond donors (Lipinski definition) is 1. The second-order valence-electron chi connectivity index (χ2n) is 8.27. The van der Waals surface area contributed by atoms with Crippen molar-refractivity contribution in [1.29, 1.82) is 0 Å². The van der Waals surface area contributed by atoms with Crippen LogP contribution in [0.3, 0.4) is 0 Å². The van der Waals surface area contributed by atoms with Crippen LogP contribution < -0.4 is 4.74 Å². The highest BCUT2D eigenvalue weighted by Crippen LogP contribution is 2.36. The van der Waals surface area contributed by atoms with Crippen molar-refractivity contribution in [3.8, 4) is 16.9 Å². The fraction of sp³-hybridized carbons (Fsp3) is 0.478. The Morgan fingerprint density at radius 3 is 2.72 bits per heavy atom. The summed E-state index contributed by atoms with van der Waals surface area (Å²) in [4.78, 5) is 18.0. The Labute approximate surface area is 189 Å². The zero-order chi connectivity index (χ0) is 23.5. The molecule has 1 aromatic carbocycles. The first-order valence-electron chi connectivity index (χ1n) is 10.8. The molecule has 1 amide bonds. The molecule has 1 aliphatic rings. The number of fused-ring (bicyclic) bond motifs is 1. The van der Waals surface area contributed by atoms with Gasteiger partial charge in [0, 0.05) is 49.9 Å². The zero-order valence-electron chi connectivity index (χ0n) is 18.9. The van der Waals surface area contributed by atoms with E-state index < -0.39 is 22.2 Å². The molecular formula is C23H31N3O5S. The maximum atomic E-state index is 13.5. The van der Waals surface area contributed by atoms with E-state index in [0.717, 1.165) is 11.1 Å². The van der Waals surface area contributed by atoms with Gasteiger partial charge in [0.2, 0.25) is 15.9 Å². The third-order valence-electron chi connectivity index (χ3n) is 5.84. The number of sulfonamides is 1. The standard InChI is InChI=1S/C23H31N3O5S/c1-5-23(28)25(4)14-21-16(2)13-26(17(3)15-27)32(29,30)22-9-8-18(11-20(22)31-21)19-7-6-10-24-12-19/h6-12,16-17,21,27H,5,13-15H2,1-4H3/t16-,17-,21+/m1/s1. The van der Waals surface area contributed by atoms with Gasteiger partial charge < -0.3 is 14.7 Å². The summed E-state index contributed by atoms with van der Waals surface area (Å²) >= 11 is 0. The van der Waals surface area contributed by atoms with Gasteiger partial charge in [-0.15, -0.1) is 0 Å². The van der Waals surface area contributed by atoms with Crippen LogP contribution in [0.2, 0.25) is 0 Å². The molecule has 3 rings (SSSR count). The van der Waals surface area contributed by atoms with Gasteiger partial charge in [-0.1, -0.05) is 26.0 Å². The predicted molar refractivity (Wildman–Crippen MR) is 122 cm³/mol. The minimum atomic E-state index is -3.91. The van der Waals surface area contributed by atoms with Crippen LogP contribution in [0, 0.1) is 5.92 Å². The number of aliphatic hydroxyl groups excluding tert-OH is 1. The number of ether oxygens (including phenoxy) is 1. The highest BCUT2D eigenvalue weighted by atomic mass is 32.2. The maximum absolute atomic E-state index is 13.5. The van der Waals surface area contributed by atoms with Gasteiger partial charge in [-0.3, -0.25) is 9.78 Å². The minimum Gasteiger partial charge on any atom is -0.487 e. The van der Waals surface area contributed by atoms with Crippen LogP contribution in [-0.4, -0.2) is 72.5 Å². The first-order chi connectivity index (χ1) is 15.2. The lowest BCUT2D eigenvalue weighted by Gasteiger charge is -2.37. The van der Waals surface area contributed by atoms with Crippen molar-refractivity contribution < 1.29 is 23.1 Å². The molecule has 1 aliphatic heterocycles. The summed E-state index contributed by atoms with van der Waals surface area (Å²) in [5, 5.41) is 9.73. The van der Waals surface area contributed by atoms with Crippen LogP contribution in [0.5, 0.6) is 5.75 Å². The Hall–Kier alpha value is -2.49. The van der Waals surface area contributed by atoms with Gasteiger partial charge in [0.15, 0.2) is 0 Å². The molecule has 1 N–H and O–H groups in total. The van der Waals surface area contributed by atoms with E-state index in [1.165, 1.54) is 10.4 Å². The molecule has 0 aliphatic carbocycles. The van der Waals surface area contributed by atoms with Crippen molar-refractivity contribution in [3.63, 3.8) is 0 Å². The molecule has 0 fully saturated rings. The van der Waals surface area contributed by atoms with Crippen LogP contribution in [0.25, 0.3) is 11.1 Å². The summed E-state index contributed by atoms with van der Waals surface area (Å²) in [7, 11) is -2.19. The summed E-state index contributed by atoms with van der Waals surface area (Å²) in [5.41, 5.74) is 1.61. The van der Waals surface area contributed by atoms with Gasteiger partial charge in [-0.05, 0) is 30.7 Å². The largest absolute Gasteiger partial charge is 0.487 e. The molecule has 32 heavy (non-hydrogen) atoms. The molecule has 2 heterocycles. The van der Waals surface area contributed by atoms with E-state index in [-0.39, 0.29) is 35.6 Å². The van der Waals surface area contributed by atoms with Gasteiger partial charge in [-0.2, -0.15) is 4.31 Å². The average molecular weight is 462 g/mol. The van der Waals surface area contributed by atoms with Gasteiger partial charge in [0.05, 0.1) is 13.2 Å². The molecule has 0 saturated carbocycles. The van der Waals surface area contributed by atoms with Crippen LogP contribution >= 0.6 is 0 Å². The van der Waals surface area contributed by atoms with Crippen molar-refractivity contribution in [2.24, 2.45) is 5.92 Å². The number of rotatable bonds is 6. The van der Waals surface area contributed by atoms with E-state index >= 15 is 0 Å². The van der Waals surface area contributed by atoms with E-state index in [0.29, 0.717) is 13.0 Å². The number of hydrogen-bond acceptors (Lipinski definition) is 6. The van der Waals surface area contributed by atoms with Crippen LogP contribution in [0.4, 0.5) is 0 Å². The Balaban J connectivity index is 2.11. The molecule has 9 heteroatoms. The van der Waals surface area contributed by atoms with Crippen molar-refractivity contribution in [2.75, 3.05) is 26.7 Å². The van der Waals surface area contributed by atoms with Crippen LogP contribution in [-0.2, 0) is 14.8 Å². The second kappa shape index (κ2) is 9.97. The predicted octanol–water partition coefficient (Wildman–Crippen LogP) is 2.39. The fourth-order valence-corrected chi connectivity index (χ4v) is 5.62. The third kappa shape index (κ3) is 4.95. The van der Waals surface area contributed by atoms with E-state index in [4.69, 9.17) is 4.74 Å². The summed E-state index contributed by atoms with van der Waals surface area (Å²) in [6.45, 7) is 5.58. The number of carbonyl (C=O) groups excluding carboxylic acids is 1. The van der Waals surface area contributed by atoms with Crippen molar-refractivity contribution in [1.82, 2.24) is 14.2 Å². The number of aliphatic hydroxyl groups is 1. The van der Waals surface area contributed by atoms with Crippen molar-refractivity contribution in [3.05, 3.63) is 42.7 Å². The second-order valence-corrected chi connectivity index (χ2v) is 10.1. The molecule has 174 valence electrons. The SMILES string of the molecule is CCC(=O)N(C)C[C@@H]1Oc2cc(-c3cccnc3)ccc2S(=O)(=O)N([C@H](C)CO)C[C@H]1C. The fourth-order valence-electron chi connectivity index (χ4n) is 3.80. The topological polar surface area (TPSA) is 100 Å². The Kier molecular flexibility index (Phi) is 7.53. The monoisotopic (exact) mass is 461 g/mol.